The highest BCUT2D eigenvalue weighted by atomic mass is 19.1. The highest BCUT2D eigenvalue weighted by Crippen LogP contribution is 2.27. The van der Waals surface area contributed by atoms with Gasteiger partial charge >= 0.3 is 0 Å². The van der Waals surface area contributed by atoms with E-state index in [4.69, 9.17) is 0 Å². The largest absolute Gasteiger partial charge is 0.507 e. The van der Waals surface area contributed by atoms with Crippen LogP contribution in [0.25, 0.3) is 0 Å². The highest BCUT2D eigenvalue weighted by Gasteiger charge is 2.29. The molecule has 3 nitrogen and oxygen atoms in total. The first kappa shape index (κ1) is 10.9. The normalized spacial score (nSPS) is 15.6. The highest BCUT2D eigenvalue weighted by molar-refractivity contribution is 5.97. The van der Waals surface area contributed by atoms with E-state index >= 15 is 0 Å². The van der Waals surface area contributed by atoms with Gasteiger partial charge in [0, 0.05) is 13.1 Å². The van der Waals surface area contributed by atoms with Gasteiger partial charge in [-0.05, 0) is 31.4 Å². The van der Waals surface area contributed by atoms with E-state index in [1.807, 2.05) is 0 Å². The second-order valence-corrected chi connectivity index (χ2v) is 4.13. The van der Waals surface area contributed by atoms with E-state index in [-0.39, 0.29) is 17.4 Å². The van der Waals surface area contributed by atoms with E-state index < -0.39 is 11.7 Å². The molecular formula is C12H14FNO2. The third-order valence-corrected chi connectivity index (χ3v) is 3.15. The van der Waals surface area contributed by atoms with Crippen molar-refractivity contribution >= 4 is 5.91 Å². The Hall–Kier alpha value is -1.58. The Labute approximate surface area is 93.5 Å². The molecule has 4 heteroatoms. The Kier molecular flexibility index (Phi) is 2.81. The van der Waals surface area contributed by atoms with E-state index in [2.05, 4.69) is 0 Å². The first-order valence-electron chi connectivity index (χ1n) is 5.36. The van der Waals surface area contributed by atoms with Crippen LogP contribution in [0.4, 0.5) is 4.39 Å². The molecule has 86 valence electrons. The van der Waals surface area contributed by atoms with Crippen LogP contribution in [0.15, 0.2) is 18.2 Å². The lowest BCUT2D eigenvalue weighted by Gasteiger charge is -2.34. The molecular weight excluding hydrogens is 209 g/mol. The van der Waals surface area contributed by atoms with E-state index in [1.54, 1.807) is 7.05 Å². The molecule has 0 radical (unpaired) electrons. The number of amides is 1. The number of nitrogens with zero attached hydrogens (tertiary/aromatic N) is 1. The molecule has 2 rings (SSSR count). The van der Waals surface area contributed by atoms with Gasteiger partial charge < -0.3 is 10.0 Å². The predicted molar refractivity (Wildman–Crippen MR) is 57.8 cm³/mol. The number of benzene rings is 1. The number of hydrogen-bond acceptors (Lipinski definition) is 2. The second-order valence-electron chi connectivity index (χ2n) is 4.13. The molecule has 1 aliphatic rings. The molecule has 0 atom stereocenters. The fourth-order valence-electron chi connectivity index (χ4n) is 1.84. The minimum absolute atomic E-state index is 0.187. The zero-order valence-corrected chi connectivity index (χ0v) is 9.11. The Morgan fingerprint density at radius 3 is 2.69 bits per heavy atom. The minimum Gasteiger partial charge on any atom is -0.507 e. The number of phenolic OH excluding ortho intramolecular Hbond substituents is 1. The number of aromatic hydroxyl groups is 1. The molecule has 1 aromatic rings. The molecule has 0 bridgehead atoms. The Morgan fingerprint density at radius 1 is 1.50 bits per heavy atom. The van der Waals surface area contributed by atoms with Gasteiger partial charge in [0.1, 0.15) is 17.1 Å². The van der Waals surface area contributed by atoms with Crippen LogP contribution < -0.4 is 0 Å². The van der Waals surface area contributed by atoms with Crippen molar-refractivity contribution in [3.63, 3.8) is 0 Å². The van der Waals surface area contributed by atoms with Crippen LogP contribution in [0, 0.1) is 5.82 Å². The summed E-state index contributed by atoms with van der Waals surface area (Å²) >= 11 is 0. The number of halogens is 1. The van der Waals surface area contributed by atoms with Crippen molar-refractivity contribution in [2.24, 2.45) is 0 Å². The predicted octanol–water partition coefficient (Wildman–Crippen LogP) is 2.16. The Balaban J connectivity index is 2.26. The van der Waals surface area contributed by atoms with Crippen molar-refractivity contribution < 1.29 is 14.3 Å². The summed E-state index contributed by atoms with van der Waals surface area (Å²) in [5.74, 6) is -1.41. The van der Waals surface area contributed by atoms with Crippen molar-refractivity contribution in [1.29, 1.82) is 0 Å². The fourth-order valence-corrected chi connectivity index (χ4v) is 1.84. The van der Waals surface area contributed by atoms with Crippen molar-refractivity contribution in [3.05, 3.63) is 29.6 Å². The molecule has 1 N–H and O–H groups in total. The van der Waals surface area contributed by atoms with Crippen LogP contribution in [0.5, 0.6) is 5.75 Å². The maximum Gasteiger partial charge on any atom is 0.260 e. The molecule has 0 unspecified atom stereocenters. The molecule has 0 aliphatic heterocycles. The van der Waals surface area contributed by atoms with Crippen LogP contribution in [0.1, 0.15) is 29.6 Å². The molecule has 0 heterocycles. The van der Waals surface area contributed by atoms with Crippen LogP contribution in [-0.2, 0) is 0 Å². The van der Waals surface area contributed by atoms with Gasteiger partial charge in [-0.2, -0.15) is 0 Å². The summed E-state index contributed by atoms with van der Waals surface area (Å²) in [6, 6.07) is 4.07. The van der Waals surface area contributed by atoms with Gasteiger partial charge in [-0.3, -0.25) is 4.79 Å². The van der Waals surface area contributed by atoms with Crippen molar-refractivity contribution in [2.75, 3.05) is 7.05 Å². The van der Waals surface area contributed by atoms with Gasteiger partial charge in [-0.25, -0.2) is 4.39 Å². The molecule has 1 amide bonds. The van der Waals surface area contributed by atoms with Crippen molar-refractivity contribution in [2.45, 2.75) is 25.3 Å². The first-order valence-corrected chi connectivity index (χ1v) is 5.36. The minimum atomic E-state index is -0.670. The average molecular weight is 223 g/mol. The maximum atomic E-state index is 13.4. The molecule has 16 heavy (non-hydrogen) atoms. The summed E-state index contributed by atoms with van der Waals surface area (Å²) in [6.45, 7) is 0. The summed E-state index contributed by atoms with van der Waals surface area (Å²) in [5, 5.41) is 9.50. The first-order chi connectivity index (χ1) is 7.61. The summed E-state index contributed by atoms with van der Waals surface area (Å²) in [5.41, 5.74) is -0.225. The van der Waals surface area contributed by atoms with Gasteiger partial charge in [0.25, 0.3) is 5.91 Å². The van der Waals surface area contributed by atoms with Gasteiger partial charge in [0.2, 0.25) is 0 Å². The zero-order valence-electron chi connectivity index (χ0n) is 9.11. The molecule has 1 aromatic carbocycles. The van der Waals surface area contributed by atoms with E-state index in [0.29, 0.717) is 0 Å². The third-order valence-electron chi connectivity index (χ3n) is 3.15. The molecule has 1 aliphatic carbocycles. The summed E-state index contributed by atoms with van der Waals surface area (Å²) < 4.78 is 13.4. The summed E-state index contributed by atoms with van der Waals surface area (Å²) in [6.07, 6.45) is 3.01. The lowest BCUT2D eigenvalue weighted by molar-refractivity contribution is 0.0644. The second kappa shape index (κ2) is 4.12. The summed E-state index contributed by atoms with van der Waals surface area (Å²) in [4.78, 5) is 13.5. The zero-order chi connectivity index (χ0) is 11.7. The Morgan fingerprint density at radius 2 is 2.19 bits per heavy atom. The van der Waals surface area contributed by atoms with Gasteiger partial charge in [0.15, 0.2) is 0 Å². The molecule has 0 spiro atoms. The van der Waals surface area contributed by atoms with Crippen LogP contribution in [0.2, 0.25) is 0 Å². The number of carbonyl (C=O) groups is 1. The van der Waals surface area contributed by atoms with Crippen molar-refractivity contribution in [1.82, 2.24) is 4.90 Å². The van der Waals surface area contributed by atoms with Crippen LogP contribution >= 0.6 is 0 Å². The lowest BCUT2D eigenvalue weighted by Crippen LogP contribution is -2.41. The van der Waals surface area contributed by atoms with E-state index in [0.717, 1.165) is 19.3 Å². The average Bonchev–Trinajstić information content (AvgIpc) is 2.14. The monoisotopic (exact) mass is 223 g/mol. The third kappa shape index (κ3) is 1.75. The van der Waals surface area contributed by atoms with E-state index in [9.17, 15) is 14.3 Å². The van der Waals surface area contributed by atoms with Crippen LogP contribution in [0.3, 0.4) is 0 Å². The number of phenols is 1. The Bertz CT molecular complexity index is 395. The smallest absolute Gasteiger partial charge is 0.260 e. The van der Waals surface area contributed by atoms with Gasteiger partial charge in [0.05, 0.1) is 0 Å². The number of carbonyl (C=O) groups excluding carboxylic acids is 1. The molecule has 0 saturated heterocycles. The van der Waals surface area contributed by atoms with E-state index in [1.165, 1.54) is 23.1 Å². The number of rotatable bonds is 2. The van der Waals surface area contributed by atoms with Gasteiger partial charge in [-0.15, -0.1) is 0 Å². The van der Waals surface area contributed by atoms with Crippen LogP contribution in [-0.4, -0.2) is 29.0 Å². The summed E-state index contributed by atoms with van der Waals surface area (Å²) in [7, 11) is 1.65. The maximum absolute atomic E-state index is 13.4. The lowest BCUT2D eigenvalue weighted by atomic mass is 9.91. The molecule has 0 aromatic heterocycles. The topological polar surface area (TPSA) is 40.5 Å². The number of hydrogen-bond donors (Lipinski definition) is 1. The molecule has 1 fully saturated rings. The molecule has 1 saturated carbocycles. The standard InChI is InChI=1S/C12H14FNO2/c1-14(8-4-2-5-8)12(16)11-9(13)6-3-7-10(11)15/h3,6-8,15H,2,4-5H2,1H3. The fraction of sp³-hybridized carbons (Fsp3) is 0.417. The van der Waals surface area contributed by atoms with Crippen molar-refractivity contribution in [3.8, 4) is 5.75 Å². The van der Waals surface area contributed by atoms with Gasteiger partial charge in [-0.1, -0.05) is 6.07 Å². The SMILES string of the molecule is CN(C(=O)c1c(O)cccc1F)C1CCC1. The quantitative estimate of drug-likeness (QED) is 0.834.